The third-order valence-electron chi connectivity index (χ3n) is 2.95. The molecule has 0 spiro atoms. The summed E-state index contributed by atoms with van der Waals surface area (Å²) >= 11 is 2.94. The van der Waals surface area contributed by atoms with Crippen molar-refractivity contribution in [2.45, 2.75) is 11.0 Å². The van der Waals surface area contributed by atoms with Gasteiger partial charge in [-0.25, -0.2) is 0 Å². The Labute approximate surface area is 136 Å². The van der Waals surface area contributed by atoms with Crippen molar-refractivity contribution in [2.24, 2.45) is 0 Å². The summed E-state index contributed by atoms with van der Waals surface area (Å²) in [7, 11) is 0. The van der Waals surface area contributed by atoms with E-state index in [1.807, 2.05) is 23.8 Å². The topological polar surface area (TPSA) is 78.4 Å². The van der Waals surface area contributed by atoms with Gasteiger partial charge in [-0.05, 0) is 40.8 Å². The minimum Gasteiger partial charge on any atom is -0.387 e. The molecule has 0 bridgehead atoms. The van der Waals surface area contributed by atoms with Crippen molar-refractivity contribution >= 4 is 40.6 Å². The molecular formula is C15H16N2O3S2. The van der Waals surface area contributed by atoms with Crippen LogP contribution in [0.15, 0.2) is 46.0 Å². The quantitative estimate of drug-likeness (QED) is 0.578. The molecule has 2 amide bonds. The summed E-state index contributed by atoms with van der Waals surface area (Å²) in [5.41, 5.74) is 1.31. The van der Waals surface area contributed by atoms with Crippen molar-refractivity contribution in [1.82, 2.24) is 5.32 Å². The third-order valence-corrected chi connectivity index (χ3v) is 4.44. The van der Waals surface area contributed by atoms with Gasteiger partial charge in [0.15, 0.2) is 0 Å². The molecule has 3 N–H and O–H groups in total. The monoisotopic (exact) mass is 336 g/mol. The lowest BCUT2D eigenvalue weighted by Crippen LogP contribution is -2.37. The minimum atomic E-state index is -0.818. The second kappa shape index (κ2) is 7.98. The van der Waals surface area contributed by atoms with Gasteiger partial charge in [-0.2, -0.15) is 11.3 Å². The number of anilines is 1. The lowest BCUT2D eigenvalue weighted by molar-refractivity contribution is -0.136. The predicted molar refractivity (Wildman–Crippen MR) is 89.1 cm³/mol. The fraction of sp³-hybridized carbons (Fsp3) is 0.200. The molecule has 1 aromatic heterocycles. The van der Waals surface area contributed by atoms with Gasteiger partial charge in [0.1, 0.15) is 0 Å². The molecule has 0 aliphatic carbocycles. The number of nitrogens with one attached hydrogen (secondary N) is 2. The van der Waals surface area contributed by atoms with E-state index in [1.54, 1.807) is 23.6 Å². The average Bonchev–Trinajstić information content (AvgIpc) is 3.07. The number of thioether (sulfide) groups is 1. The Morgan fingerprint density at radius 1 is 1.27 bits per heavy atom. The summed E-state index contributed by atoms with van der Waals surface area (Å²) < 4.78 is 0. The molecule has 7 heteroatoms. The van der Waals surface area contributed by atoms with Gasteiger partial charge in [0, 0.05) is 11.4 Å². The number of rotatable bonds is 5. The fourth-order valence-corrected chi connectivity index (χ4v) is 3.04. The minimum absolute atomic E-state index is 0.00678. The molecular weight excluding hydrogens is 320 g/mol. The van der Waals surface area contributed by atoms with Crippen LogP contribution in [0, 0.1) is 0 Å². The molecule has 1 aromatic carbocycles. The van der Waals surface area contributed by atoms with Gasteiger partial charge in [-0.15, -0.1) is 11.8 Å². The number of thiophene rings is 1. The number of hydrogen-bond acceptors (Lipinski definition) is 5. The van der Waals surface area contributed by atoms with Crippen molar-refractivity contribution in [3.8, 4) is 0 Å². The molecule has 0 aliphatic rings. The van der Waals surface area contributed by atoms with Gasteiger partial charge in [0.25, 0.3) is 0 Å². The van der Waals surface area contributed by atoms with Gasteiger partial charge in [0.05, 0.1) is 11.8 Å². The number of para-hydroxylation sites is 1. The van der Waals surface area contributed by atoms with E-state index in [0.717, 1.165) is 10.5 Å². The van der Waals surface area contributed by atoms with Crippen LogP contribution in [-0.4, -0.2) is 29.7 Å². The zero-order valence-corrected chi connectivity index (χ0v) is 13.5. The molecule has 0 saturated heterocycles. The van der Waals surface area contributed by atoms with E-state index >= 15 is 0 Å². The van der Waals surface area contributed by atoms with Crippen molar-refractivity contribution in [2.75, 3.05) is 18.1 Å². The maximum atomic E-state index is 11.9. The summed E-state index contributed by atoms with van der Waals surface area (Å²) in [5, 5.41) is 18.5. The number of hydrogen-bond donors (Lipinski definition) is 3. The summed E-state index contributed by atoms with van der Waals surface area (Å²) in [5.74, 6) is -1.52. The molecule has 0 unspecified atom stereocenters. The Kier molecular flexibility index (Phi) is 6.00. The summed E-state index contributed by atoms with van der Waals surface area (Å²) in [6.45, 7) is -0.00678. The van der Waals surface area contributed by atoms with Gasteiger partial charge >= 0.3 is 11.8 Å². The van der Waals surface area contributed by atoms with Crippen LogP contribution in [0.1, 0.15) is 11.7 Å². The lowest BCUT2D eigenvalue weighted by Gasteiger charge is -2.11. The zero-order chi connectivity index (χ0) is 15.9. The lowest BCUT2D eigenvalue weighted by atomic mass is 10.2. The zero-order valence-electron chi connectivity index (χ0n) is 11.9. The summed E-state index contributed by atoms with van der Waals surface area (Å²) in [4.78, 5) is 24.5. The van der Waals surface area contributed by atoms with E-state index in [0.29, 0.717) is 5.69 Å². The summed E-state index contributed by atoms with van der Waals surface area (Å²) in [6, 6.07) is 9.01. The van der Waals surface area contributed by atoms with E-state index in [-0.39, 0.29) is 6.54 Å². The fourth-order valence-electron chi connectivity index (χ4n) is 1.78. The van der Waals surface area contributed by atoms with Crippen LogP contribution in [0.4, 0.5) is 5.69 Å². The first kappa shape index (κ1) is 16.5. The number of benzene rings is 1. The van der Waals surface area contributed by atoms with Crippen molar-refractivity contribution in [1.29, 1.82) is 0 Å². The number of amides is 2. The molecule has 5 nitrogen and oxygen atoms in total. The highest BCUT2D eigenvalue weighted by Crippen LogP contribution is 2.24. The molecule has 2 rings (SSSR count). The molecule has 0 fully saturated rings. The smallest absolute Gasteiger partial charge is 0.313 e. The maximum Gasteiger partial charge on any atom is 0.313 e. The van der Waals surface area contributed by atoms with Gasteiger partial charge < -0.3 is 15.7 Å². The first-order chi connectivity index (χ1) is 10.6. The standard InChI is InChI=1S/C15H16N2O3S2/c1-21-13-5-3-2-4-11(13)17-15(20)14(19)16-8-12(18)10-6-7-22-9-10/h2-7,9,12,18H,8H2,1H3,(H,16,19)(H,17,20)/t12-/m0/s1. The number of carbonyl (C=O) groups excluding carboxylic acids is 2. The molecule has 0 radical (unpaired) electrons. The van der Waals surface area contributed by atoms with Crippen LogP contribution in [0.5, 0.6) is 0 Å². The Hall–Kier alpha value is -1.83. The molecule has 116 valence electrons. The number of carbonyl (C=O) groups is 2. The second-order valence-corrected chi connectivity index (χ2v) is 6.07. The van der Waals surface area contributed by atoms with Gasteiger partial charge in [-0.3, -0.25) is 9.59 Å². The van der Waals surface area contributed by atoms with Gasteiger partial charge in [0.2, 0.25) is 0 Å². The van der Waals surface area contributed by atoms with E-state index < -0.39 is 17.9 Å². The predicted octanol–water partition coefficient (Wildman–Crippen LogP) is 2.26. The van der Waals surface area contributed by atoms with Crippen LogP contribution in [-0.2, 0) is 9.59 Å². The SMILES string of the molecule is CSc1ccccc1NC(=O)C(=O)NC[C@H](O)c1ccsc1. The van der Waals surface area contributed by atoms with E-state index in [4.69, 9.17) is 0 Å². The largest absolute Gasteiger partial charge is 0.387 e. The van der Waals surface area contributed by atoms with Crippen molar-refractivity contribution in [3.63, 3.8) is 0 Å². The van der Waals surface area contributed by atoms with Crippen LogP contribution in [0.3, 0.4) is 0 Å². The van der Waals surface area contributed by atoms with E-state index in [9.17, 15) is 14.7 Å². The normalized spacial score (nSPS) is 11.7. The number of aliphatic hydroxyl groups excluding tert-OH is 1. The van der Waals surface area contributed by atoms with E-state index in [2.05, 4.69) is 10.6 Å². The highest BCUT2D eigenvalue weighted by Gasteiger charge is 2.17. The Balaban J connectivity index is 1.88. The highest BCUT2D eigenvalue weighted by atomic mass is 32.2. The van der Waals surface area contributed by atoms with Crippen molar-refractivity contribution < 1.29 is 14.7 Å². The molecule has 2 aromatic rings. The van der Waals surface area contributed by atoms with Crippen LogP contribution < -0.4 is 10.6 Å². The number of aliphatic hydroxyl groups is 1. The molecule has 0 saturated carbocycles. The van der Waals surface area contributed by atoms with Crippen molar-refractivity contribution in [3.05, 3.63) is 46.7 Å². The van der Waals surface area contributed by atoms with Crippen LogP contribution in [0.25, 0.3) is 0 Å². The maximum absolute atomic E-state index is 11.9. The molecule has 1 heterocycles. The Morgan fingerprint density at radius 2 is 2.05 bits per heavy atom. The van der Waals surface area contributed by atoms with Crippen LogP contribution >= 0.6 is 23.1 Å². The third kappa shape index (κ3) is 4.33. The average molecular weight is 336 g/mol. The van der Waals surface area contributed by atoms with Crippen LogP contribution in [0.2, 0.25) is 0 Å². The first-order valence-electron chi connectivity index (χ1n) is 6.54. The Bertz CT molecular complexity index is 644. The first-order valence-corrected chi connectivity index (χ1v) is 8.71. The molecule has 0 aliphatic heterocycles. The van der Waals surface area contributed by atoms with Gasteiger partial charge in [-0.1, -0.05) is 12.1 Å². The highest BCUT2D eigenvalue weighted by molar-refractivity contribution is 7.98. The Morgan fingerprint density at radius 3 is 2.73 bits per heavy atom. The molecule has 22 heavy (non-hydrogen) atoms. The van der Waals surface area contributed by atoms with E-state index in [1.165, 1.54) is 23.1 Å². The second-order valence-electron chi connectivity index (χ2n) is 4.44. The molecule has 1 atom stereocenters. The summed E-state index contributed by atoms with van der Waals surface area (Å²) in [6.07, 6.45) is 1.07.